The summed E-state index contributed by atoms with van der Waals surface area (Å²) in [5.74, 6) is 0. The van der Waals surface area contributed by atoms with E-state index in [-0.39, 0.29) is 5.03 Å². The highest BCUT2D eigenvalue weighted by atomic mass is 32.2. The van der Waals surface area contributed by atoms with E-state index in [1.165, 1.54) is 11.3 Å². The van der Waals surface area contributed by atoms with Crippen LogP contribution in [0.1, 0.15) is 0 Å². The van der Waals surface area contributed by atoms with E-state index in [9.17, 15) is 8.42 Å². The van der Waals surface area contributed by atoms with Crippen LogP contribution in [-0.2, 0) is 9.84 Å². The molecule has 0 radical (unpaired) electrons. The fraction of sp³-hybridized carbons (Fsp3) is 0.100. The number of hydrogen-bond donors (Lipinski definition) is 0. The number of aromatic nitrogens is 1. The fourth-order valence-electron chi connectivity index (χ4n) is 1.14. The predicted molar refractivity (Wildman–Crippen MR) is 60.7 cm³/mol. The molecule has 1 heterocycles. The van der Waals surface area contributed by atoms with Crippen LogP contribution in [0.4, 0.5) is 0 Å². The third-order valence-corrected chi connectivity index (χ3v) is 3.89. The molecule has 0 aliphatic heterocycles. The van der Waals surface area contributed by atoms with Gasteiger partial charge in [0.1, 0.15) is 5.01 Å². The first-order valence-electron chi connectivity index (χ1n) is 4.28. The summed E-state index contributed by atoms with van der Waals surface area (Å²) in [6, 6.07) is 9.53. The molecule has 15 heavy (non-hydrogen) atoms. The second kappa shape index (κ2) is 3.75. The van der Waals surface area contributed by atoms with E-state index < -0.39 is 9.84 Å². The topological polar surface area (TPSA) is 47.0 Å². The number of nitrogens with zero attached hydrogens (tertiary/aromatic N) is 1. The number of rotatable bonds is 2. The van der Waals surface area contributed by atoms with Crippen molar-refractivity contribution in [2.45, 2.75) is 5.03 Å². The van der Waals surface area contributed by atoms with E-state index in [0.29, 0.717) is 0 Å². The molecule has 0 N–H and O–H groups in total. The number of hydrogen-bond acceptors (Lipinski definition) is 4. The van der Waals surface area contributed by atoms with Crippen LogP contribution in [0.2, 0.25) is 0 Å². The molecule has 2 rings (SSSR count). The van der Waals surface area contributed by atoms with E-state index in [4.69, 9.17) is 0 Å². The van der Waals surface area contributed by atoms with Crippen molar-refractivity contribution in [1.29, 1.82) is 0 Å². The molecule has 5 heteroatoms. The van der Waals surface area contributed by atoms with Crippen LogP contribution >= 0.6 is 11.3 Å². The van der Waals surface area contributed by atoms with Crippen LogP contribution in [0.25, 0.3) is 10.6 Å². The van der Waals surface area contributed by atoms with Crippen LogP contribution < -0.4 is 0 Å². The molecule has 2 aromatic rings. The summed E-state index contributed by atoms with van der Waals surface area (Å²) in [4.78, 5) is 4.08. The van der Waals surface area contributed by atoms with Crippen LogP contribution in [0.15, 0.2) is 40.7 Å². The normalized spacial score (nSPS) is 11.5. The molecule has 1 aromatic carbocycles. The molecular weight excluding hydrogens is 230 g/mol. The zero-order chi connectivity index (χ0) is 10.9. The zero-order valence-electron chi connectivity index (χ0n) is 8.04. The van der Waals surface area contributed by atoms with Crippen LogP contribution in [0, 0.1) is 0 Å². The third kappa shape index (κ3) is 2.24. The predicted octanol–water partition coefficient (Wildman–Crippen LogP) is 2.21. The first-order valence-corrected chi connectivity index (χ1v) is 7.05. The summed E-state index contributed by atoms with van der Waals surface area (Å²) in [5.41, 5.74) is 0.942. The Balaban J connectivity index is 2.46. The Morgan fingerprint density at radius 1 is 1.20 bits per heavy atom. The minimum atomic E-state index is -3.19. The molecule has 0 atom stereocenters. The standard InChI is InChI=1S/C10H9NO2S2/c1-15(12,13)9-7-14-10(11-9)8-5-3-2-4-6-8/h2-7H,1H3. The van der Waals surface area contributed by atoms with Crippen molar-refractivity contribution in [3.05, 3.63) is 35.7 Å². The van der Waals surface area contributed by atoms with Gasteiger partial charge in [-0.2, -0.15) is 0 Å². The lowest BCUT2D eigenvalue weighted by Crippen LogP contribution is -1.96. The molecule has 3 nitrogen and oxygen atoms in total. The van der Waals surface area contributed by atoms with Crippen molar-refractivity contribution in [3.63, 3.8) is 0 Å². The molecular formula is C10H9NO2S2. The van der Waals surface area contributed by atoms with Gasteiger partial charge in [-0.3, -0.25) is 0 Å². The van der Waals surface area contributed by atoms with Gasteiger partial charge in [0.15, 0.2) is 14.9 Å². The quantitative estimate of drug-likeness (QED) is 0.807. The molecule has 0 spiro atoms. The number of benzene rings is 1. The molecule has 0 bridgehead atoms. The van der Waals surface area contributed by atoms with Gasteiger partial charge in [-0.15, -0.1) is 11.3 Å². The van der Waals surface area contributed by atoms with Crippen molar-refractivity contribution < 1.29 is 8.42 Å². The Labute approximate surface area is 92.3 Å². The van der Waals surface area contributed by atoms with Crippen molar-refractivity contribution in [1.82, 2.24) is 4.98 Å². The van der Waals surface area contributed by atoms with Crippen molar-refractivity contribution in [2.75, 3.05) is 6.26 Å². The molecule has 0 aliphatic rings. The molecule has 0 amide bonds. The second-order valence-corrected chi connectivity index (χ2v) is 5.95. The molecule has 0 saturated carbocycles. The van der Waals surface area contributed by atoms with Crippen molar-refractivity contribution in [2.24, 2.45) is 0 Å². The molecule has 0 unspecified atom stereocenters. The summed E-state index contributed by atoms with van der Waals surface area (Å²) in [6.45, 7) is 0. The lowest BCUT2D eigenvalue weighted by molar-refractivity contribution is 0.599. The van der Waals surface area contributed by atoms with Gasteiger partial charge in [-0.05, 0) is 0 Å². The molecule has 0 fully saturated rings. The van der Waals surface area contributed by atoms with Gasteiger partial charge in [0.2, 0.25) is 0 Å². The van der Waals surface area contributed by atoms with E-state index in [1.807, 2.05) is 30.3 Å². The zero-order valence-corrected chi connectivity index (χ0v) is 9.68. The summed E-state index contributed by atoms with van der Waals surface area (Å²) >= 11 is 1.34. The maximum Gasteiger partial charge on any atom is 0.193 e. The summed E-state index contributed by atoms with van der Waals surface area (Å²) in [7, 11) is -3.19. The Bertz CT molecular complexity index is 558. The van der Waals surface area contributed by atoms with Crippen LogP contribution in [0.3, 0.4) is 0 Å². The van der Waals surface area contributed by atoms with Gasteiger partial charge in [0, 0.05) is 17.2 Å². The largest absolute Gasteiger partial charge is 0.224 e. The van der Waals surface area contributed by atoms with Gasteiger partial charge in [0.05, 0.1) is 0 Å². The maximum absolute atomic E-state index is 11.2. The minimum Gasteiger partial charge on any atom is -0.224 e. The highest BCUT2D eigenvalue weighted by Gasteiger charge is 2.12. The van der Waals surface area contributed by atoms with Crippen molar-refractivity contribution in [3.8, 4) is 10.6 Å². The average Bonchev–Trinajstić information content (AvgIpc) is 2.67. The first-order chi connectivity index (χ1) is 7.07. The monoisotopic (exact) mass is 239 g/mol. The van der Waals surface area contributed by atoms with Crippen LogP contribution in [0.5, 0.6) is 0 Å². The lowest BCUT2D eigenvalue weighted by Gasteiger charge is -1.93. The summed E-state index contributed by atoms with van der Waals surface area (Å²) in [6.07, 6.45) is 1.16. The Hall–Kier alpha value is -1.20. The fourth-order valence-corrected chi connectivity index (χ4v) is 2.99. The SMILES string of the molecule is CS(=O)(=O)c1csc(-c2ccccc2)n1. The lowest BCUT2D eigenvalue weighted by atomic mass is 10.2. The van der Waals surface area contributed by atoms with E-state index in [2.05, 4.69) is 4.98 Å². The van der Waals surface area contributed by atoms with Crippen LogP contribution in [-0.4, -0.2) is 19.7 Å². The smallest absolute Gasteiger partial charge is 0.193 e. The summed E-state index contributed by atoms with van der Waals surface area (Å²) in [5, 5.41) is 2.44. The highest BCUT2D eigenvalue weighted by molar-refractivity contribution is 7.90. The first kappa shape index (κ1) is 10.3. The molecule has 78 valence electrons. The Morgan fingerprint density at radius 3 is 2.40 bits per heavy atom. The van der Waals surface area contributed by atoms with E-state index >= 15 is 0 Å². The van der Waals surface area contributed by atoms with E-state index in [1.54, 1.807) is 5.38 Å². The summed E-state index contributed by atoms with van der Waals surface area (Å²) < 4.78 is 22.4. The van der Waals surface area contributed by atoms with Crippen molar-refractivity contribution >= 4 is 21.2 Å². The van der Waals surface area contributed by atoms with Gasteiger partial charge in [-0.25, -0.2) is 13.4 Å². The van der Waals surface area contributed by atoms with Gasteiger partial charge in [0.25, 0.3) is 0 Å². The minimum absolute atomic E-state index is 0.145. The van der Waals surface area contributed by atoms with Gasteiger partial charge >= 0.3 is 0 Å². The van der Waals surface area contributed by atoms with E-state index in [0.717, 1.165) is 16.8 Å². The Morgan fingerprint density at radius 2 is 1.87 bits per heavy atom. The molecule has 1 aromatic heterocycles. The molecule has 0 saturated heterocycles. The average molecular weight is 239 g/mol. The van der Waals surface area contributed by atoms with Gasteiger partial charge in [-0.1, -0.05) is 30.3 Å². The second-order valence-electron chi connectivity index (χ2n) is 3.13. The number of sulfone groups is 1. The van der Waals surface area contributed by atoms with Gasteiger partial charge < -0.3 is 0 Å². The highest BCUT2D eigenvalue weighted by Crippen LogP contribution is 2.24. The maximum atomic E-state index is 11.2. The Kier molecular flexibility index (Phi) is 2.58. The molecule has 0 aliphatic carbocycles. The number of thiazole rings is 1. The third-order valence-electron chi connectivity index (χ3n) is 1.88.